The average molecular weight is 227 g/mol. The molecule has 0 unspecified atom stereocenters. The first-order chi connectivity index (χ1) is 6.41. The Morgan fingerprint density at radius 2 is 1.92 bits per heavy atom. The van der Waals surface area contributed by atoms with Crippen molar-refractivity contribution in [2.75, 3.05) is 19.7 Å². The van der Waals surface area contributed by atoms with Crippen LogP contribution in [0.2, 0.25) is 0 Å². The van der Waals surface area contributed by atoms with Crippen LogP contribution in [0.5, 0.6) is 0 Å². The minimum atomic E-state index is 0.264. The van der Waals surface area contributed by atoms with Gasteiger partial charge in [-0.3, -0.25) is 0 Å². The van der Waals surface area contributed by atoms with Crippen LogP contribution in [-0.2, 0) is 20.0 Å². The first-order valence-electron chi connectivity index (χ1n) is 4.81. The van der Waals surface area contributed by atoms with Crippen LogP contribution in [0.1, 0.15) is 25.7 Å². The van der Waals surface area contributed by atoms with Crippen molar-refractivity contribution in [3.8, 4) is 0 Å². The fourth-order valence-electron chi connectivity index (χ4n) is 2.03. The zero-order chi connectivity index (χ0) is 9.57. The van der Waals surface area contributed by atoms with Crippen molar-refractivity contribution in [2.45, 2.75) is 31.3 Å². The van der Waals surface area contributed by atoms with Gasteiger partial charge in [-0.15, -0.1) is 0 Å². The molecule has 0 aromatic carbocycles. The van der Waals surface area contributed by atoms with Crippen LogP contribution in [0.15, 0.2) is 0 Å². The van der Waals surface area contributed by atoms with E-state index in [2.05, 4.69) is 32.5 Å². The van der Waals surface area contributed by atoms with Gasteiger partial charge in [0.2, 0.25) is 0 Å². The molecule has 2 fully saturated rings. The van der Waals surface area contributed by atoms with E-state index in [0.29, 0.717) is 0 Å². The number of hydrogen-bond donors (Lipinski definition) is 1. The van der Waals surface area contributed by atoms with Crippen molar-refractivity contribution in [1.29, 1.82) is 0 Å². The van der Waals surface area contributed by atoms with Crippen LogP contribution in [0.25, 0.3) is 0 Å². The average Bonchev–Trinajstić information content (AvgIpc) is 2.23. The van der Waals surface area contributed by atoms with E-state index >= 15 is 0 Å². The fraction of sp³-hybridized carbons (Fsp3) is 0.800. The normalized spacial score (nSPS) is 26.2. The van der Waals surface area contributed by atoms with E-state index in [4.69, 9.17) is 4.74 Å². The third-order valence-corrected chi connectivity index (χ3v) is 2.83. The van der Waals surface area contributed by atoms with Gasteiger partial charge in [0.25, 0.3) is 0 Å². The van der Waals surface area contributed by atoms with Gasteiger partial charge >= 0.3 is 20.8 Å². The molecule has 2 rings (SSSR count). The van der Waals surface area contributed by atoms with E-state index in [1.165, 1.54) is 25.7 Å². The zero-order valence-corrected chi connectivity index (χ0v) is 9.02. The van der Waals surface area contributed by atoms with Crippen LogP contribution < -0.4 is 5.32 Å². The third-order valence-electron chi connectivity index (χ3n) is 2.83. The summed E-state index contributed by atoms with van der Waals surface area (Å²) in [6, 6.07) is 0. The predicted octanol–water partition coefficient (Wildman–Crippen LogP) is 1.09. The molecule has 0 atom stereocenters. The van der Waals surface area contributed by atoms with Gasteiger partial charge in [0, 0.05) is 0 Å². The second-order valence-electron chi connectivity index (χ2n) is 3.57. The molecule has 0 aliphatic carbocycles. The number of rotatable bonds is 0. The molecule has 3 heteroatoms. The summed E-state index contributed by atoms with van der Waals surface area (Å²) in [5.41, 5.74) is 3.20. The molecule has 2 aliphatic heterocycles. The Morgan fingerprint density at radius 3 is 2.46 bits per heavy atom. The first-order valence-corrected chi connectivity index (χ1v) is 5.55. The molecule has 0 radical (unpaired) electrons. The minimum absolute atomic E-state index is 0.264. The summed E-state index contributed by atoms with van der Waals surface area (Å²) in [5, 5.41) is 3.37. The van der Waals surface area contributed by atoms with Crippen molar-refractivity contribution in [3.63, 3.8) is 0 Å². The van der Waals surface area contributed by atoms with Crippen LogP contribution >= 0.6 is 0 Å². The van der Waals surface area contributed by atoms with Crippen LogP contribution in [-0.4, -0.2) is 30.8 Å². The SMILES string of the molecule is [CH-]1CCC2(CCNCC2)OC1.[CH2]=[Co]. The zero-order valence-electron chi connectivity index (χ0n) is 7.98. The molecule has 0 saturated carbocycles. The molecule has 1 N–H and O–H groups in total. The van der Waals surface area contributed by atoms with Gasteiger partial charge in [0.15, 0.2) is 0 Å². The molecule has 0 bridgehead atoms. The van der Waals surface area contributed by atoms with Crippen molar-refractivity contribution >= 4 is 5.46 Å². The number of nitrogens with one attached hydrogen (secondary N) is 1. The van der Waals surface area contributed by atoms with Gasteiger partial charge in [-0.1, -0.05) is 13.0 Å². The Hall–Kier alpha value is 0.296. The molecule has 0 amide bonds. The van der Waals surface area contributed by atoms with E-state index in [9.17, 15) is 0 Å². The summed E-state index contributed by atoms with van der Waals surface area (Å²) in [6.45, 7) is 3.15. The van der Waals surface area contributed by atoms with E-state index in [1.807, 2.05) is 0 Å². The number of ether oxygens (including phenoxy) is 1. The molecule has 79 valence electrons. The quantitative estimate of drug-likeness (QED) is 0.625. The van der Waals surface area contributed by atoms with Gasteiger partial charge in [0.1, 0.15) is 0 Å². The summed E-state index contributed by atoms with van der Waals surface area (Å²) in [6.07, 6.45) is 7.16. The fourth-order valence-corrected chi connectivity index (χ4v) is 2.03. The molecule has 0 aromatic rings. The predicted molar refractivity (Wildman–Crippen MR) is 51.4 cm³/mol. The van der Waals surface area contributed by atoms with E-state index < -0.39 is 0 Å². The van der Waals surface area contributed by atoms with Crippen molar-refractivity contribution < 1.29 is 20.0 Å². The molecule has 2 nitrogen and oxygen atoms in total. The Labute approximate surface area is 88.6 Å². The standard InChI is InChI=1S/C9H16NO.CH2.Co/c1-2-8-11-9(3-1)4-6-10-7-5-9;;/h2,10H,1,3-8H2;1H2;/q-1;;. The van der Waals surface area contributed by atoms with Crippen molar-refractivity contribution in [3.05, 3.63) is 6.42 Å². The number of hydrogen-bond acceptors (Lipinski definition) is 2. The van der Waals surface area contributed by atoms with E-state index in [0.717, 1.165) is 19.7 Å². The van der Waals surface area contributed by atoms with E-state index in [-0.39, 0.29) is 5.60 Å². The summed E-state index contributed by atoms with van der Waals surface area (Å²) in [4.78, 5) is 0. The molecular formula is C10H18CoNO-. The molecule has 2 aliphatic rings. The Morgan fingerprint density at radius 1 is 1.23 bits per heavy atom. The van der Waals surface area contributed by atoms with Gasteiger partial charge in [-0.25, -0.2) is 0 Å². The molecular weight excluding hydrogens is 209 g/mol. The molecule has 2 heterocycles. The first kappa shape index (κ1) is 11.4. The Kier molecular flexibility index (Phi) is 5.17. The maximum atomic E-state index is 5.81. The Balaban J connectivity index is 0.000000396. The van der Waals surface area contributed by atoms with Crippen LogP contribution in [0, 0.1) is 6.42 Å². The summed E-state index contributed by atoms with van der Waals surface area (Å²) in [7, 11) is 0. The summed E-state index contributed by atoms with van der Waals surface area (Å²) < 4.78 is 5.81. The van der Waals surface area contributed by atoms with Gasteiger partial charge < -0.3 is 16.5 Å². The van der Waals surface area contributed by atoms with Gasteiger partial charge in [0.05, 0.1) is 5.60 Å². The van der Waals surface area contributed by atoms with E-state index in [1.54, 1.807) is 0 Å². The van der Waals surface area contributed by atoms with Crippen molar-refractivity contribution in [1.82, 2.24) is 5.32 Å². The van der Waals surface area contributed by atoms with Gasteiger partial charge in [-0.2, -0.15) is 6.42 Å². The summed E-state index contributed by atoms with van der Waals surface area (Å²) in [5.74, 6) is 0. The molecule has 0 aromatic heterocycles. The van der Waals surface area contributed by atoms with Crippen molar-refractivity contribution in [2.24, 2.45) is 0 Å². The van der Waals surface area contributed by atoms with Gasteiger partial charge in [-0.05, 0) is 25.9 Å². The Bertz CT molecular complexity index is 120. The topological polar surface area (TPSA) is 21.3 Å². The molecule has 2 saturated heterocycles. The van der Waals surface area contributed by atoms with Crippen LogP contribution in [0.4, 0.5) is 0 Å². The monoisotopic (exact) mass is 227 g/mol. The number of piperidine rings is 1. The van der Waals surface area contributed by atoms with Crippen LogP contribution in [0.3, 0.4) is 0 Å². The second-order valence-corrected chi connectivity index (χ2v) is 3.57. The maximum absolute atomic E-state index is 5.81. The molecule has 13 heavy (non-hydrogen) atoms. The third kappa shape index (κ3) is 3.16. The second kappa shape index (κ2) is 5.91. The summed E-state index contributed by atoms with van der Waals surface area (Å²) >= 11 is 3.31. The molecule has 1 spiro atoms.